The zero-order valence-corrected chi connectivity index (χ0v) is 15.9. The van der Waals surface area contributed by atoms with Crippen molar-refractivity contribution < 1.29 is 14.6 Å². The summed E-state index contributed by atoms with van der Waals surface area (Å²) in [5, 5.41) is 13.6. The Morgan fingerprint density at radius 3 is 2.64 bits per heavy atom. The van der Waals surface area contributed by atoms with Gasteiger partial charge in [0.1, 0.15) is 0 Å². The van der Waals surface area contributed by atoms with Gasteiger partial charge in [0.05, 0.1) is 13.2 Å². The summed E-state index contributed by atoms with van der Waals surface area (Å²) in [5.41, 5.74) is 3.45. The molecule has 0 saturated carbocycles. The van der Waals surface area contributed by atoms with E-state index in [4.69, 9.17) is 4.74 Å². The van der Waals surface area contributed by atoms with Crippen LogP contribution in [0.15, 0.2) is 18.2 Å². The van der Waals surface area contributed by atoms with Crippen molar-refractivity contribution >= 4 is 16.8 Å². The molecule has 5 nitrogen and oxygen atoms in total. The topological polar surface area (TPSA) is 74.3 Å². The van der Waals surface area contributed by atoms with E-state index in [1.165, 1.54) is 18.2 Å². The monoisotopic (exact) mass is 346 g/mol. The van der Waals surface area contributed by atoms with Gasteiger partial charge in [-0.25, -0.2) is 0 Å². The van der Waals surface area contributed by atoms with Crippen LogP contribution in [0.5, 0.6) is 0 Å². The summed E-state index contributed by atoms with van der Waals surface area (Å²) in [5.74, 6) is 0.189. The Kier molecular flexibility index (Phi) is 6.25. The lowest BCUT2D eigenvalue weighted by atomic mass is 9.97. The number of aliphatic hydroxyl groups excluding tert-OH is 1. The van der Waals surface area contributed by atoms with Crippen LogP contribution in [0.3, 0.4) is 0 Å². The normalized spacial score (nSPS) is 14.0. The van der Waals surface area contributed by atoms with E-state index < -0.39 is 5.60 Å². The molecule has 0 bridgehead atoms. The standard InChI is InChI=1S/C20H30N2O3/c1-6-7-20(12-23,25-5)19(24)21-11-16-9-15-8-14(4)17(13(2)3)10-18(15)22-16/h8-10,13,22-23H,6-7,11-12H2,1-5H3,(H,21,24). The maximum Gasteiger partial charge on any atom is 0.254 e. The molecule has 0 aliphatic carbocycles. The van der Waals surface area contributed by atoms with Crippen LogP contribution in [-0.4, -0.2) is 35.3 Å². The number of nitrogens with one attached hydrogen (secondary N) is 2. The SMILES string of the molecule is CCCC(CO)(OC)C(=O)NCc1cc2cc(C)c(C(C)C)cc2[nH]1. The van der Waals surface area contributed by atoms with Gasteiger partial charge in [-0.15, -0.1) is 0 Å². The number of hydrogen-bond acceptors (Lipinski definition) is 3. The van der Waals surface area contributed by atoms with Crippen molar-refractivity contribution in [3.05, 3.63) is 35.0 Å². The fourth-order valence-electron chi connectivity index (χ4n) is 3.35. The molecule has 0 aliphatic heterocycles. The van der Waals surface area contributed by atoms with Gasteiger partial charge in [-0.2, -0.15) is 0 Å². The van der Waals surface area contributed by atoms with Crippen molar-refractivity contribution in [2.45, 2.75) is 58.6 Å². The molecule has 1 aromatic heterocycles. The molecule has 3 N–H and O–H groups in total. The van der Waals surface area contributed by atoms with Gasteiger partial charge < -0.3 is 20.1 Å². The molecular weight excluding hydrogens is 316 g/mol. The molecule has 0 radical (unpaired) electrons. The van der Waals surface area contributed by atoms with Crippen LogP contribution in [0.2, 0.25) is 0 Å². The minimum atomic E-state index is -1.16. The molecule has 2 aromatic rings. The molecule has 25 heavy (non-hydrogen) atoms. The number of aryl methyl sites for hydroxylation is 1. The Morgan fingerprint density at radius 1 is 1.36 bits per heavy atom. The number of methoxy groups -OCH3 is 1. The van der Waals surface area contributed by atoms with Crippen molar-refractivity contribution in [3.8, 4) is 0 Å². The molecule has 1 unspecified atom stereocenters. The predicted molar refractivity (Wildman–Crippen MR) is 101 cm³/mol. The number of ether oxygens (including phenoxy) is 1. The highest BCUT2D eigenvalue weighted by Gasteiger charge is 2.36. The molecule has 1 aromatic carbocycles. The molecule has 138 valence electrons. The van der Waals surface area contributed by atoms with Crippen LogP contribution in [0.4, 0.5) is 0 Å². The van der Waals surface area contributed by atoms with Crippen molar-refractivity contribution in [2.24, 2.45) is 0 Å². The zero-order chi connectivity index (χ0) is 18.6. The van der Waals surface area contributed by atoms with E-state index in [0.717, 1.165) is 23.0 Å². The fraction of sp³-hybridized carbons (Fsp3) is 0.550. The van der Waals surface area contributed by atoms with Gasteiger partial charge >= 0.3 is 0 Å². The average Bonchev–Trinajstić information content (AvgIpc) is 2.98. The number of carbonyl (C=O) groups excluding carboxylic acids is 1. The van der Waals surface area contributed by atoms with E-state index in [2.05, 4.69) is 49.3 Å². The number of benzene rings is 1. The molecule has 0 aliphatic rings. The molecule has 1 heterocycles. The molecular formula is C20H30N2O3. The highest BCUT2D eigenvalue weighted by molar-refractivity contribution is 5.86. The van der Waals surface area contributed by atoms with E-state index in [1.807, 2.05) is 6.92 Å². The molecule has 1 amide bonds. The third-order valence-corrected chi connectivity index (χ3v) is 4.84. The minimum Gasteiger partial charge on any atom is -0.393 e. The summed E-state index contributed by atoms with van der Waals surface area (Å²) >= 11 is 0. The summed E-state index contributed by atoms with van der Waals surface area (Å²) in [6.07, 6.45) is 1.24. The van der Waals surface area contributed by atoms with E-state index in [0.29, 0.717) is 18.9 Å². The first kappa shape index (κ1) is 19.5. The Morgan fingerprint density at radius 2 is 2.08 bits per heavy atom. The van der Waals surface area contributed by atoms with Crippen molar-refractivity contribution in [1.29, 1.82) is 0 Å². The van der Waals surface area contributed by atoms with Crippen LogP contribution in [0.25, 0.3) is 10.9 Å². The molecule has 0 fully saturated rings. The van der Waals surface area contributed by atoms with Crippen molar-refractivity contribution in [3.63, 3.8) is 0 Å². The second kappa shape index (κ2) is 8.02. The van der Waals surface area contributed by atoms with Gasteiger partial charge in [-0.1, -0.05) is 27.2 Å². The summed E-state index contributed by atoms with van der Waals surface area (Å²) in [6, 6.07) is 6.42. The first-order valence-electron chi connectivity index (χ1n) is 8.93. The quantitative estimate of drug-likeness (QED) is 0.686. The predicted octanol–water partition coefficient (Wildman–Crippen LogP) is 3.39. The Labute approximate surface area is 149 Å². The van der Waals surface area contributed by atoms with Gasteiger partial charge in [0.25, 0.3) is 5.91 Å². The first-order valence-corrected chi connectivity index (χ1v) is 8.93. The van der Waals surface area contributed by atoms with E-state index >= 15 is 0 Å². The molecule has 5 heteroatoms. The minimum absolute atomic E-state index is 0.281. The van der Waals surface area contributed by atoms with Crippen molar-refractivity contribution in [1.82, 2.24) is 10.3 Å². The second-order valence-electron chi connectivity index (χ2n) is 7.03. The van der Waals surface area contributed by atoms with Crippen LogP contribution in [0.1, 0.15) is 56.4 Å². The number of aromatic nitrogens is 1. The smallest absolute Gasteiger partial charge is 0.254 e. The third-order valence-electron chi connectivity index (χ3n) is 4.84. The molecule has 0 spiro atoms. The lowest BCUT2D eigenvalue weighted by Gasteiger charge is -2.28. The number of H-pyrrole nitrogens is 1. The van der Waals surface area contributed by atoms with Gasteiger partial charge in [0, 0.05) is 18.3 Å². The average molecular weight is 346 g/mol. The van der Waals surface area contributed by atoms with Crippen molar-refractivity contribution in [2.75, 3.05) is 13.7 Å². The summed E-state index contributed by atoms with van der Waals surface area (Å²) < 4.78 is 5.32. The maximum atomic E-state index is 12.5. The number of fused-ring (bicyclic) bond motifs is 1. The Balaban J connectivity index is 2.16. The maximum absolute atomic E-state index is 12.5. The Hall–Kier alpha value is -1.85. The van der Waals surface area contributed by atoms with Gasteiger partial charge in [-0.3, -0.25) is 4.79 Å². The highest BCUT2D eigenvalue weighted by atomic mass is 16.5. The Bertz CT molecular complexity index is 730. The number of aliphatic hydroxyl groups is 1. The largest absolute Gasteiger partial charge is 0.393 e. The lowest BCUT2D eigenvalue weighted by Crippen LogP contribution is -2.50. The third kappa shape index (κ3) is 4.05. The van der Waals surface area contributed by atoms with Crippen LogP contribution < -0.4 is 5.32 Å². The summed E-state index contributed by atoms with van der Waals surface area (Å²) in [4.78, 5) is 15.9. The second-order valence-corrected chi connectivity index (χ2v) is 7.03. The van der Waals surface area contributed by atoms with Crippen LogP contribution in [-0.2, 0) is 16.1 Å². The molecule has 0 saturated heterocycles. The van der Waals surface area contributed by atoms with E-state index in [1.54, 1.807) is 0 Å². The summed E-state index contributed by atoms with van der Waals surface area (Å²) in [6.45, 7) is 8.51. The highest BCUT2D eigenvalue weighted by Crippen LogP contribution is 2.26. The fourth-order valence-corrected chi connectivity index (χ4v) is 3.35. The molecule has 2 rings (SSSR count). The van der Waals surface area contributed by atoms with Gasteiger partial charge in [-0.05, 0) is 54.0 Å². The van der Waals surface area contributed by atoms with E-state index in [-0.39, 0.29) is 12.5 Å². The van der Waals surface area contributed by atoms with Gasteiger partial charge in [0.15, 0.2) is 5.60 Å². The first-order chi connectivity index (χ1) is 11.9. The van der Waals surface area contributed by atoms with Gasteiger partial charge in [0.2, 0.25) is 0 Å². The summed E-state index contributed by atoms with van der Waals surface area (Å²) in [7, 11) is 1.46. The number of carbonyl (C=O) groups is 1. The number of amides is 1. The lowest BCUT2D eigenvalue weighted by molar-refractivity contribution is -0.150. The van der Waals surface area contributed by atoms with Crippen LogP contribution >= 0.6 is 0 Å². The number of aromatic amines is 1. The van der Waals surface area contributed by atoms with Crippen LogP contribution in [0, 0.1) is 6.92 Å². The zero-order valence-electron chi connectivity index (χ0n) is 15.9. The molecule has 1 atom stereocenters. The van der Waals surface area contributed by atoms with E-state index in [9.17, 15) is 9.90 Å². The number of rotatable bonds is 8. The number of hydrogen-bond donors (Lipinski definition) is 3.